The summed E-state index contributed by atoms with van der Waals surface area (Å²) >= 11 is 0. The van der Waals surface area contributed by atoms with Crippen LogP contribution in [0.25, 0.3) is 11.3 Å². The Kier molecular flexibility index (Phi) is 13.8. The summed E-state index contributed by atoms with van der Waals surface area (Å²) in [7, 11) is 0. The van der Waals surface area contributed by atoms with Gasteiger partial charge in [0.25, 0.3) is 0 Å². The van der Waals surface area contributed by atoms with Crippen molar-refractivity contribution in [3.8, 4) is 17.0 Å². The average Bonchev–Trinajstić information content (AvgIpc) is 2.92. The van der Waals surface area contributed by atoms with Gasteiger partial charge >= 0.3 is 0 Å². The van der Waals surface area contributed by atoms with Gasteiger partial charge in [0.1, 0.15) is 12.4 Å². The van der Waals surface area contributed by atoms with E-state index in [1.54, 1.807) is 0 Å². The lowest BCUT2D eigenvalue weighted by Crippen LogP contribution is -2.13. The molecule has 0 saturated heterocycles. The fourth-order valence-corrected chi connectivity index (χ4v) is 5.50. The van der Waals surface area contributed by atoms with Gasteiger partial charge in [-0.2, -0.15) is 0 Å². The van der Waals surface area contributed by atoms with E-state index in [9.17, 15) is 0 Å². The van der Waals surface area contributed by atoms with Crippen LogP contribution in [-0.2, 0) is 6.42 Å². The van der Waals surface area contributed by atoms with Gasteiger partial charge in [0.2, 0.25) is 0 Å². The van der Waals surface area contributed by atoms with Crippen molar-refractivity contribution in [1.29, 1.82) is 0 Å². The number of hydrogen-bond acceptors (Lipinski definition) is 2. The Hall–Kier alpha value is -2.09. The third-order valence-corrected chi connectivity index (χ3v) is 7.91. The Labute approximate surface area is 222 Å². The molecule has 1 aromatic heterocycles. The lowest BCUT2D eigenvalue weighted by molar-refractivity contribution is 0.288. The van der Waals surface area contributed by atoms with Crippen molar-refractivity contribution in [3.05, 3.63) is 60.3 Å². The van der Waals surface area contributed by atoms with E-state index in [1.807, 2.05) is 0 Å². The van der Waals surface area contributed by atoms with Crippen LogP contribution in [0.2, 0.25) is 0 Å². The van der Waals surface area contributed by atoms with Gasteiger partial charge in [-0.15, -0.1) is 0 Å². The first-order valence-electron chi connectivity index (χ1n) is 15.1. The minimum Gasteiger partial charge on any atom is -0.490 e. The highest BCUT2D eigenvalue weighted by atomic mass is 16.5. The Balaban J connectivity index is 1.32. The molecule has 1 aliphatic carbocycles. The van der Waals surface area contributed by atoms with Gasteiger partial charge in [-0.1, -0.05) is 96.3 Å². The van der Waals surface area contributed by atoms with E-state index in [0.717, 1.165) is 35.3 Å². The van der Waals surface area contributed by atoms with E-state index >= 15 is 0 Å². The summed E-state index contributed by atoms with van der Waals surface area (Å²) in [6, 6.07) is 12.8. The van der Waals surface area contributed by atoms with Gasteiger partial charge in [0.15, 0.2) is 0 Å². The van der Waals surface area contributed by atoms with Gasteiger partial charge in [-0.3, -0.25) is 4.98 Å². The van der Waals surface area contributed by atoms with Crippen LogP contribution >= 0.6 is 0 Å². The molecular formula is C34H51NO. The number of aryl methyl sites for hydroxylation is 1. The number of hydrogen-bond donors (Lipinski definition) is 0. The Morgan fingerprint density at radius 1 is 0.778 bits per heavy atom. The topological polar surface area (TPSA) is 22.1 Å². The van der Waals surface area contributed by atoms with E-state index in [1.165, 1.54) is 102 Å². The van der Waals surface area contributed by atoms with Crippen molar-refractivity contribution >= 4 is 0 Å². The zero-order valence-corrected chi connectivity index (χ0v) is 23.2. The minimum absolute atomic E-state index is 0.654. The van der Waals surface area contributed by atoms with Crippen molar-refractivity contribution in [2.24, 2.45) is 11.8 Å². The number of rotatable bonds is 17. The highest BCUT2D eigenvalue weighted by Gasteiger charge is 2.18. The molecule has 1 heterocycles. The van der Waals surface area contributed by atoms with Gasteiger partial charge in [-0.05, 0) is 86.3 Å². The highest BCUT2D eigenvalue weighted by molar-refractivity contribution is 5.60. The largest absolute Gasteiger partial charge is 0.490 e. The Morgan fingerprint density at radius 2 is 1.47 bits per heavy atom. The fourth-order valence-electron chi connectivity index (χ4n) is 5.50. The lowest BCUT2D eigenvalue weighted by atomic mass is 9.79. The van der Waals surface area contributed by atoms with Crippen molar-refractivity contribution in [3.63, 3.8) is 0 Å². The monoisotopic (exact) mass is 489 g/mol. The van der Waals surface area contributed by atoms with Crippen LogP contribution in [0, 0.1) is 11.8 Å². The maximum absolute atomic E-state index is 5.97. The molecule has 1 fully saturated rings. The molecule has 0 atom stereocenters. The van der Waals surface area contributed by atoms with Crippen molar-refractivity contribution in [1.82, 2.24) is 4.98 Å². The smallest absolute Gasteiger partial charge is 0.119 e. The number of nitrogens with zero attached hydrogens (tertiary/aromatic N) is 1. The first kappa shape index (κ1) is 28.5. The maximum atomic E-state index is 5.97. The first-order chi connectivity index (χ1) is 17.8. The number of unbranched alkanes of at least 4 members (excludes halogenated alkanes) is 8. The number of allylic oxidation sites excluding steroid dienone is 1. The normalized spacial score (nSPS) is 18.1. The zero-order valence-electron chi connectivity index (χ0n) is 23.2. The summed E-state index contributed by atoms with van der Waals surface area (Å²) in [6.45, 7) is 5.23. The van der Waals surface area contributed by atoms with Gasteiger partial charge in [0.05, 0.1) is 5.69 Å². The standard InChI is InChI=1S/C34H51NO/c1-3-5-7-8-9-10-12-15-31-21-26-34(35-28-31)32-22-24-33(25-23-32)36-27-13-16-30-19-17-29(18-20-30)14-11-6-4-2/h13,16,21-26,28-30H,3-12,14-15,17-20,27H2,1-2H3/b16-13+. The highest BCUT2D eigenvalue weighted by Crippen LogP contribution is 2.32. The summed E-state index contributed by atoms with van der Waals surface area (Å²) in [5, 5.41) is 0. The Morgan fingerprint density at radius 3 is 2.17 bits per heavy atom. The number of benzene rings is 1. The van der Waals surface area contributed by atoms with E-state index in [4.69, 9.17) is 9.72 Å². The summed E-state index contributed by atoms with van der Waals surface area (Å²) in [5.74, 6) is 2.66. The lowest BCUT2D eigenvalue weighted by Gasteiger charge is -2.26. The van der Waals surface area contributed by atoms with Gasteiger partial charge in [0, 0.05) is 11.8 Å². The molecule has 0 unspecified atom stereocenters. The average molecular weight is 490 g/mol. The Bertz CT molecular complexity index is 830. The molecule has 2 heteroatoms. The number of ether oxygens (including phenoxy) is 1. The molecule has 198 valence electrons. The van der Waals surface area contributed by atoms with Crippen molar-refractivity contribution < 1.29 is 4.74 Å². The van der Waals surface area contributed by atoms with E-state index < -0.39 is 0 Å². The molecule has 2 aromatic rings. The first-order valence-corrected chi connectivity index (χ1v) is 15.1. The van der Waals surface area contributed by atoms with Crippen LogP contribution in [0.1, 0.15) is 116 Å². The second-order valence-corrected chi connectivity index (χ2v) is 11.0. The van der Waals surface area contributed by atoms with E-state index in [2.05, 4.69) is 68.6 Å². The molecular weight excluding hydrogens is 438 g/mol. The second kappa shape index (κ2) is 17.4. The molecule has 0 bridgehead atoms. The second-order valence-electron chi connectivity index (χ2n) is 11.0. The van der Waals surface area contributed by atoms with E-state index in [-0.39, 0.29) is 0 Å². The quantitative estimate of drug-likeness (QED) is 0.163. The molecule has 1 aromatic carbocycles. The van der Waals surface area contributed by atoms with E-state index in [0.29, 0.717) is 6.61 Å². The zero-order chi connectivity index (χ0) is 25.3. The molecule has 0 spiro atoms. The summed E-state index contributed by atoms with van der Waals surface area (Å²) < 4.78 is 5.97. The number of aromatic nitrogens is 1. The molecule has 1 saturated carbocycles. The molecule has 36 heavy (non-hydrogen) atoms. The molecule has 0 N–H and O–H groups in total. The predicted octanol–water partition coefficient (Wildman–Crippen LogP) is 10.4. The minimum atomic E-state index is 0.654. The summed E-state index contributed by atoms with van der Waals surface area (Å²) in [4.78, 5) is 4.72. The molecule has 0 aliphatic heterocycles. The van der Waals surface area contributed by atoms with Crippen LogP contribution < -0.4 is 4.74 Å². The fraction of sp³-hybridized carbons (Fsp3) is 0.618. The maximum Gasteiger partial charge on any atom is 0.119 e. The third kappa shape index (κ3) is 10.9. The molecule has 3 rings (SSSR count). The van der Waals surface area contributed by atoms with Gasteiger partial charge in [-0.25, -0.2) is 0 Å². The summed E-state index contributed by atoms with van der Waals surface area (Å²) in [5.41, 5.74) is 3.54. The van der Waals surface area contributed by atoms with Crippen LogP contribution in [0.15, 0.2) is 54.7 Å². The molecule has 2 nitrogen and oxygen atoms in total. The molecule has 1 aliphatic rings. The van der Waals surface area contributed by atoms with Crippen LogP contribution in [0.5, 0.6) is 5.75 Å². The molecule has 0 amide bonds. The van der Waals surface area contributed by atoms with Crippen LogP contribution in [0.4, 0.5) is 0 Å². The van der Waals surface area contributed by atoms with Crippen molar-refractivity contribution in [2.75, 3.05) is 6.61 Å². The van der Waals surface area contributed by atoms with Crippen LogP contribution in [-0.4, -0.2) is 11.6 Å². The third-order valence-electron chi connectivity index (χ3n) is 7.91. The van der Waals surface area contributed by atoms with Crippen molar-refractivity contribution in [2.45, 2.75) is 117 Å². The number of pyridine rings is 1. The molecule has 0 radical (unpaired) electrons. The SMILES string of the molecule is CCCCCCCCCc1ccc(-c2ccc(OC/C=C/C3CCC(CCCCC)CC3)cc2)nc1. The van der Waals surface area contributed by atoms with Gasteiger partial charge < -0.3 is 4.74 Å². The predicted molar refractivity (Wildman–Crippen MR) is 156 cm³/mol. The summed E-state index contributed by atoms with van der Waals surface area (Å²) in [6.07, 6.45) is 28.4. The van der Waals surface area contributed by atoms with Crippen LogP contribution in [0.3, 0.4) is 0 Å².